The molecule has 1 aliphatic carbocycles. The molecule has 7 heteroatoms. The number of nitrogens with one attached hydrogen (secondary N) is 1. The molecule has 1 aromatic carbocycles. The highest BCUT2D eigenvalue weighted by atomic mass is 35.5. The van der Waals surface area contributed by atoms with E-state index in [9.17, 15) is 14.4 Å². The van der Waals surface area contributed by atoms with Gasteiger partial charge in [0.1, 0.15) is 5.76 Å². The van der Waals surface area contributed by atoms with Crippen LogP contribution < -0.4 is 5.32 Å². The number of carbonyl (C=O) groups is 3. The molecule has 1 aromatic heterocycles. The summed E-state index contributed by atoms with van der Waals surface area (Å²) in [5, 5.41) is 3.19. The van der Waals surface area contributed by atoms with Crippen LogP contribution in [-0.4, -0.2) is 24.3 Å². The number of Topliss-reactive ketones (excluding diaryl/α,β-unsaturated/α-hetero) is 1. The SMILES string of the molecule is CC(=O)NCc1ccc(C(=O)COC(=O)C2(c3ccc(Cl)cc3)CCCC2)o1. The summed E-state index contributed by atoms with van der Waals surface area (Å²) in [5.41, 5.74) is 0.132. The minimum Gasteiger partial charge on any atom is -0.456 e. The van der Waals surface area contributed by atoms with Gasteiger partial charge >= 0.3 is 5.97 Å². The van der Waals surface area contributed by atoms with E-state index in [2.05, 4.69) is 5.32 Å². The highest BCUT2D eigenvalue weighted by Crippen LogP contribution is 2.42. The van der Waals surface area contributed by atoms with Crippen molar-refractivity contribution in [2.24, 2.45) is 0 Å². The minimum atomic E-state index is -0.732. The van der Waals surface area contributed by atoms with Gasteiger partial charge in [0, 0.05) is 11.9 Å². The first-order chi connectivity index (χ1) is 13.4. The van der Waals surface area contributed by atoms with Crippen molar-refractivity contribution in [3.63, 3.8) is 0 Å². The first kappa shape index (κ1) is 20.1. The van der Waals surface area contributed by atoms with E-state index in [1.807, 2.05) is 12.1 Å². The van der Waals surface area contributed by atoms with Crippen molar-refractivity contribution in [1.82, 2.24) is 5.32 Å². The molecule has 1 aliphatic rings. The second-order valence-corrected chi connectivity index (χ2v) is 7.41. The number of furan rings is 1. The number of hydrogen-bond donors (Lipinski definition) is 1. The van der Waals surface area contributed by atoms with Gasteiger partial charge in [-0.2, -0.15) is 0 Å². The molecule has 1 amide bonds. The lowest BCUT2D eigenvalue weighted by atomic mass is 9.79. The van der Waals surface area contributed by atoms with E-state index in [4.69, 9.17) is 20.8 Å². The number of hydrogen-bond acceptors (Lipinski definition) is 5. The van der Waals surface area contributed by atoms with Gasteiger partial charge in [-0.05, 0) is 42.7 Å². The maximum atomic E-state index is 12.9. The highest BCUT2D eigenvalue weighted by Gasteiger charge is 2.44. The summed E-state index contributed by atoms with van der Waals surface area (Å²) in [7, 11) is 0. The fraction of sp³-hybridized carbons (Fsp3) is 0.381. The van der Waals surface area contributed by atoms with Crippen molar-refractivity contribution < 1.29 is 23.5 Å². The van der Waals surface area contributed by atoms with Crippen molar-refractivity contribution >= 4 is 29.3 Å². The lowest BCUT2D eigenvalue weighted by Crippen LogP contribution is -2.35. The zero-order chi connectivity index (χ0) is 20.1. The molecule has 148 valence electrons. The Hall–Kier alpha value is -2.60. The van der Waals surface area contributed by atoms with Crippen LogP contribution in [0.4, 0.5) is 0 Å². The van der Waals surface area contributed by atoms with E-state index in [1.54, 1.807) is 18.2 Å². The maximum Gasteiger partial charge on any atom is 0.317 e. The summed E-state index contributed by atoms with van der Waals surface area (Å²) in [5.74, 6) is -0.460. The number of esters is 1. The Kier molecular flexibility index (Phi) is 6.19. The zero-order valence-electron chi connectivity index (χ0n) is 15.6. The van der Waals surface area contributed by atoms with Gasteiger partial charge in [0.15, 0.2) is 12.4 Å². The Balaban J connectivity index is 1.64. The van der Waals surface area contributed by atoms with Crippen molar-refractivity contribution in [1.29, 1.82) is 0 Å². The van der Waals surface area contributed by atoms with Crippen LogP contribution in [0.2, 0.25) is 5.02 Å². The first-order valence-electron chi connectivity index (χ1n) is 9.20. The Bertz CT molecular complexity index is 865. The van der Waals surface area contributed by atoms with Crippen LogP contribution in [0, 0.1) is 0 Å². The Labute approximate surface area is 168 Å². The predicted octanol–water partition coefficient (Wildman–Crippen LogP) is 3.81. The van der Waals surface area contributed by atoms with Gasteiger partial charge in [0.05, 0.1) is 12.0 Å². The molecule has 0 radical (unpaired) electrons. The highest BCUT2D eigenvalue weighted by molar-refractivity contribution is 6.30. The normalized spacial score (nSPS) is 15.2. The Morgan fingerprint density at radius 2 is 1.79 bits per heavy atom. The molecule has 1 saturated carbocycles. The van der Waals surface area contributed by atoms with Gasteiger partial charge < -0.3 is 14.5 Å². The van der Waals surface area contributed by atoms with E-state index >= 15 is 0 Å². The van der Waals surface area contributed by atoms with Gasteiger partial charge in [-0.1, -0.05) is 36.6 Å². The smallest absolute Gasteiger partial charge is 0.317 e. The van der Waals surface area contributed by atoms with Crippen LogP contribution in [0.15, 0.2) is 40.8 Å². The maximum absolute atomic E-state index is 12.9. The van der Waals surface area contributed by atoms with E-state index < -0.39 is 17.2 Å². The van der Waals surface area contributed by atoms with Crippen LogP contribution in [-0.2, 0) is 26.3 Å². The predicted molar refractivity (Wildman–Crippen MR) is 103 cm³/mol. The van der Waals surface area contributed by atoms with Crippen LogP contribution >= 0.6 is 11.6 Å². The van der Waals surface area contributed by atoms with Crippen LogP contribution in [0.25, 0.3) is 0 Å². The fourth-order valence-corrected chi connectivity index (χ4v) is 3.66. The average Bonchev–Trinajstić information content (AvgIpc) is 3.35. The molecule has 0 bridgehead atoms. The summed E-state index contributed by atoms with van der Waals surface area (Å²) in [6.45, 7) is 1.21. The number of ketones is 1. The topological polar surface area (TPSA) is 85.6 Å². The number of amides is 1. The number of halogens is 1. The number of rotatable bonds is 7. The molecule has 0 saturated heterocycles. The molecule has 0 atom stereocenters. The molecule has 3 rings (SSSR count). The molecule has 6 nitrogen and oxygen atoms in total. The minimum absolute atomic E-state index is 0.0973. The molecule has 0 unspecified atom stereocenters. The van der Waals surface area contributed by atoms with Gasteiger partial charge in [0.25, 0.3) is 0 Å². The van der Waals surface area contributed by atoms with Crippen molar-refractivity contribution in [3.8, 4) is 0 Å². The third kappa shape index (κ3) is 4.44. The third-order valence-electron chi connectivity index (χ3n) is 5.03. The second-order valence-electron chi connectivity index (χ2n) is 6.97. The molecular formula is C21H22ClNO5. The molecular weight excluding hydrogens is 382 g/mol. The van der Waals surface area contributed by atoms with Gasteiger partial charge in [-0.25, -0.2) is 0 Å². The second kappa shape index (κ2) is 8.61. The van der Waals surface area contributed by atoms with Crippen LogP contribution in [0.3, 0.4) is 0 Å². The lowest BCUT2D eigenvalue weighted by Gasteiger charge is -2.27. The first-order valence-corrected chi connectivity index (χ1v) is 9.58. The average molecular weight is 404 g/mol. The summed E-state index contributed by atoms with van der Waals surface area (Å²) < 4.78 is 10.8. The number of benzene rings is 1. The lowest BCUT2D eigenvalue weighted by molar-refractivity contribution is -0.149. The quantitative estimate of drug-likeness (QED) is 0.561. The zero-order valence-corrected chi connectivity index (χ0v) is 16.4. The molecule has 2 aromatic rings. The van der Waals surface area contributed by atoms with Crippen molar-refractivity contribution in [3.05, 3.63) is 58.5 Å². The summed E-state index contributed by atoms with van der Waals surface area (Å²) in [4.78, 5) is 36.2. The van der Waals surface area contributed by atoms with E-state index in [0.717, 1.165) is 18.4 Å². The van der Waals surface area contributed by atoms with E-state index in [1.165, 1.54) is 13.0 Å². The summed E-state index contributed by atoms with van der Waals surface area (Å²) >= 11 is 5.96. The standard InChI is InChI=1S/C21H22ClNO5/c1-14(24)23-12-17-8-9-19(28-17)18(25)13-27-20(26)21(10-2-3-11-21)15-4-6-16(22)7-5-15/h4-9H,2-3,10-13H2,1H3,(H,23,24). The van der Waals surface area contributed by atoms with E-state index in [-0.39, 0.29) is 24.8 Å². The largest absolute Gasteiger partial charge is 0.456 e. The van der Waals surface area contributed by atoms with Crippen molar-refractivity contribution in [2.45, 2.75) is 44.6 Å². The molecule has 1 heterocycles. The van der Waals surface area contributed by atoms with E-state index in [0.29, 0.717) is 23.6 Å². The molecule has 1 fully saturated rings. The fourth-order valence-electron chi connectivity index (χ4n) is 3.53. The number of carbonyl (C=O) groups excluding carboxylic acids is 3. The monoisotopic (exact) mass is 403 g/mol. The summed E-state index contributed by atoms with van der Waals surface area (Å²) in [6, 6.07) is 10.3. The third-order valence-corrected chi connectivity index (χ3v) is 5.28. The van der Waals surface area contributed by atoms with Gasteiger partial charge in [0.2, 0.25) is 11.7 Å². The molecule has 28 heavy (non-hydrogen) atoms. The molecule has 0 aliphatic heterocycles. The Morgan fingerprint density at radius 1 is 1.11 bits per heavy atom. The van der Waals surface area contributed by atoms with Crippen LogP contribution in [0.5, 0.6) is 0 Å². The summed E-state index contributed by atoms with van der Waals surface area (Å²) in [6.07, 6.45) is 3.22. The Morgan fingerprint density at radius 3 is 2.43 bits per heavy atom. The molecule has 1 N–H and O–H groups in total. The van der Waals surface area contributed by atoms with Gasteiger partial charge in [-0.15, -0.1) is 0 Å². The van der Waals surface area contributed by atoms with Gasteiger partial charge in [-0.3, -0.25) is 14.4 Å². The number of ether oxygens (including phenoxy) is 1. The van der Waals surface area contributed by atoms with Crippen molar-refractivity contribution in [2.75, 3.05) is 6.61 Å². The van der Waals surface area contributed by atoms with Crippen LogP contribution in [0.1, 0.15) is 54.5 Å². The molecule has 0 spiro atoms.